The molecule has 1 nitrogen and oxygen atoms in total. The number of rotatable bonds is 5. The lowest BCUT2D eigenvalue weighted by atomic mass is 9.92. The molecule has 0 amide bonds. The molecule has 0 aliphatic carbocycles. The number of nitrogens with two attached hydrogens (primary N) is 1. The standard InChI is InChI=1S/C16H16BrClFN/c17-14-7-12(8-16(19)9-14)6-13(10-20)5-11-1-3-15(18)4-2-11/h1-4,7-9,13H,5-6,10,20H2. The van der Waals surface area contributed by atoms with E-state index in [1.165, 1.54) is 11.6 Å². The van der Waals surface area contributed by atoms with E-state index in [1.54, 1.807) is 6.07 Å². The maximum absolute atomic E-state index is 13.4. The van der Waals surface area contributed by atoms with Gasteiger partial charge >= 0.3 is 0 Å². The minimum atomic E-state index is -0.225. The third-order valence-electron chi connectivity index (χ3n) is 3.22. The van der Waals surface area contributed by atoms with Gasteiger partial charge in [0.05, 0.1) is 0 Å². The van der Waals surface area contributed by atoms with Gasteiger partial charge in [-0.15, -0.1) is 0 Å². The quantitative estimate of drug-likeness (QED) is 0.832. The van der Waals surface area contributed by atoms with Crippen LogP contribution in [0.1, 0.15) is 11.1 Å². The first kappa shape index (κ1) is 15.5. The zero-order valence-electron chi connectivity index (χ0n) is 11.0. The van der Waals surface area contributed by atoms with E-state index < -0.39 is 0 Å². The molecule has 4 heteroatoms. The van der Waals surface area contributed by atoms with Gasteiger partial charge in [0.25, 0.3) is 0 Å². The summed E-state index contributed by atoms with van der Waals surface area (Å²) in [5.41, 5.74) is 8.00. The van der Waals surface area contributed by atoms with Gasteiger partial charge < -0.3 is 5.73 Å². The summed E-state index contributed by atoms with van der Waals surface area (Å²) in [6.45, 7) is 0.566. The maximum Gasteiger partial charge on any atom is 0.124 e. The average molecular weight is 357 g/mol. The summed E-state index contributed by atoms with van der Waals surface area (Å²) < 4.78 is 14.1. The monoisotopic (exact) mass is 355 g/mol. The molecule has 0 aliphatic heterocycles. The number of hydrogen-bond acceptors (Lipinski definition) is 1. The lowest BCUT2D eigenvalue weighted by molar-refractivity contribution is 0.530. The second kappa shape index (κ2) is 7.21. The van der Waals surface area contributed by atoms with Crippen molar-refractivity contribution in [3.05, 3.63) is 68.9 Å². The smallest absolute Gasteiger partial charge is 0.124 e. The lowest BCUT2D eigenvalue weighted by Gasteiger charge is -2.15. The average Bonchev–Trinajstić information content (AvgIpc) is 2.39. The Kier molecular flexibility index (Phi) is 5.58. The van der Waals surface area contributed by atoms with E-state index in [2.05, 4.69) is 15.9 Å². The van der Waals surface area contributed by atoms with Gasteiger partial charge in [-0.3, -0.25) is 0 Å². The van der Waals surface area contributed by atoms with E-state index in [1.807, 2.05) is 30.3 Å². The second-order valence-corrected chi connectivity index (χ2v) is 6.27. The van der Waals surface area contributed by atoms with E-state index >= 15 is 0 Å². The minimum absolute atomic E-state index is 0.225. The summed E-state index contributed by atoms with van der Waals surface area (Å²) in [5.74, 6) is 0.0570. The summed E-state index contributed by atoms with van der Waals surface area (Å²) in [7, 11) is 0. The predicted molar refractivity (Wildman–Crippen MR) is 85.5 cm³/mol. The van der Waals surface area contributed by atoms with Crippen LogP contribution in [-0.4, -0.2) is 6.54 Å². The van der Waals surface area contributed by atoms with E-state index in [0.29, 0.717) is 6.54 Å². The second-order valence-electron chi connectivity index (χ2n) is 4.91. The Morgan fingerprint density at radius 2 is 1.70 bits per heavy atom. The third kappa shape index (κ3) is 4.58. The molecule has 1 unspecified atom stereocenters. The highest BCUT2D eigenvalue weighted by molar-refractivity contribution is 9.10. The zero-order chi connectivity index (χ0) is 14.5. The van der Waals surface area contributed by atoms with Gasteiger partial charge in [-0.25, -0.2) is 4.39 Å². The van der Waals surface area contributed by atoms with Crippen LogP contribution >= 0.6 is 27.5 Å². The summed E-state index contributed by atoms with van der Waals surface area (Å²) in [4.78, 5) is 0. The van der Waals surface area contributed by atoms with Crippen molar-refractivity contribution in [2.24, 2.45) is 11.7 Å². The molecule has 2 aromatic carbocycles. The number of hydrogen-bond donors (Lipinski definition) is 1. The molecule has 0 aliphatic rings. The Balaban J connectivity index is 2.06. The van der Waals surface area contributed by atoms with Crippen LogP contribution in [-0.2, 0) is 12.8 Å². The normalized spacial score (nSPS) is 12.4. The van der Waals surface area contributed by atoms with Gasteiger partial charge in [0, 0.05) is 9.50 Å². The number of halogens is 3. The molecule has 2 rings (SSSR count). The van der Waals surface area contributed by atoms with Crippen LogP contribution in [0.15, 0.2) is 46.9 Å². The molecule has 0 radical (unpaired) electrons. The van der Waals surface area contributed by atoms with Gasteiger partial charge in [0.15, 0.2) is 0 Å². The topological polar surface area (TPSA) is 26.0 Å². The molecular formula is C16H16BrClFN. The minimum Gasteiger partial charge on any atom is -0.330 e. The first-order valence-electron chi connectivity index (χ1n) is 6.46. The fraction of sp³-hybridized carbons (Fsp3) is 0.250. The molecule has 1 atom stereocenters. The molecule has 0 aromatic heterocycles. The van der Waals surface area contributed by atoms with Crippen LogP contribution < -0.4 is 5.73 Å². The fourth-order valence-electron chi connectivity index (χ4n) is 2.25. The molecule has 0 bridgehead atoms. The molecule has 106 valence electrons. The first-order valence-corrected chi connectivity index (χ1v) is 7.63. The van der Waals surface area contributed by atoms with Crippen molar-refractivity contribution in [3.63, 3.8) is 0 Å². The van der Waals surface area contributed by atoms with Crippen LogP contribution in [0.2, 0.25) is 5.02 Å². The van der Waals surface area contributed by atoms with E-state index in [9.17, 15) is 4.39 Å². The first-order chi connectivity index (χ1) is 9.56. The van der Waals surface area contributed by atoms with Crippen LogP contribution in [0.25, 0.3) is 0 Å². The van der Waals surface area contributed by atoms with Crippen molar-refractivity contribution in [1.82, 2.24) is 0 Å². The van der Waals surface area contributed by atoms with E-state index in [-0.39, 0.29) is 11.7 Å². The molecule has 0 saturated carbocycles. The summed E-state index contributed by atoms with van der Waals surface area (Å²) in [6.07, 6.45) is 1.62. The summed E-state index contributed by atoms with van der Waals surface area (Å²) in [5, 5.41) is 0.729. The van der Waals surface area contributed by atoms with Crippen LogP contribution in [0, 0.1) is 11.7 Å². The van der Waals surface area contributed by atoms with Crippen molar-refractivity contribution in [2.45, 2.75) is 12.8 Å². The largest absolute Gasteiger partial charge is 0.330 e. The Labute approximate surface area is 132 Å². The van der Waals surface area contributed by atoms with Crippen LogP contribution in [0.3, 0.4) is 0 Å². The highest BCUT2D eigenvalue weighted by Crippen LogP contribution is 2.20. The maximum atomic E-state index is 13.4. The highest BCUT2D eigenvalue weighted by Gasteiger charge is 2.10. The Bertz CT molecular complexity index is 551. The lowest BCUT2D eigenvalue weighted by Crippen LogP contribution is -2.19. The predicted octanol–water partition coefficient (Wildman–Crippen LogP) is 4.60. The van der Waals surface area contributed by atoms with Crippen LogP contribution in [0.4, 0.5) is 4.39 Å². The Hall–Kier alpha value is -0.900. The van der Waals surface area contributed by atoms with Crippen LogP contribution in [0.5, 0.6) is 0 Å². The molecule has 2 N–H and O–H groups in total. The van der Waals surface area contributed by atoms with Gasteiger partial charge in [-0.1, -0.05) is 39.7 Å². The SMILES string of the molecule is NCC(Cc1ccc(Cl)cc1)Cc1cc(F)cc(Br)c1. The fourth-order valence-corrected chi connectivity index (χ4v) is 2.89. The van der Waals surface area contributed by atoms with Gasteiger partial charge in [0.1, 0.15) is 5.82 Å². The Morgan fingerprint density at radius 1 is 1.05 bits per heavy atom. The molecule has 0 heterocycles. The summed E-state index contributed by atoms with van der Waals surface area (Å²) in [6, 6.07) is 12.7. The van der Waals surface area contributed by atoms with Gasteiger partial charge in [-0.05, 0) is 66.8 Å². The van der Waals surface area contributed by atoms with Crippen molar-refractivity contribution < 1.29 is 4.39 Å². The van der Waals surface area contributed by atoms with Gasteiger partial charge in [0.2, 0.25) is 0 Å². The van der Waals surface area contributed by atoms with Crippen molar-refractivity contribution in [2.75, 3.05) is 6.54 Å². The zero-order valence-corrected chi connectivity index (χ0v) is 13.3. The molecule has 0 spiro atoms. The Morgan fingerprint density at radius 3 is 2.30 bits per heavy atom. The van der Waals surface area contributed by atoms with Crippen molar-refractivity contribution in [1.29, 1.82) is 0 Å². The van der Waals surface area contributed by atoms with Crippen molar-refractivity contribution >= 4 is 27.5 Å². The van der Waals surface area contributed by atoms with Gasteiger partial charge in [-0.2, -0.15) is 0 Å². The third-order valence-corrected chi connectivity index (χ3v) is 3.93. The molecule has 0 fully saturated rings. The number of benzene rings is 2. The van der Waals surface area contributed by atoms with E-state index in [4.69, 9.17) is 17.3 Å². The molecule has 2 aromatic rings. The highest BCUT2D eigenvalue weighted by atomic mass is 79.9. The van der Waals surface area contributed by atoms with Crippen molar-refractivity contribution in [3.8, 4) is 0 Å². The molecular weight excluding hydrogens is 341 g/mol. The summed E-state index contributed by atoms with van der Waals surface area (Å²) >= 11 is 9.19. The molecule has 20 heavy (non-hydrogen) atoms. The van der Waals surface area contributed by atoms with E-state index in [0.717, 1.165) is 27.9 Å². The molecule has 0 saturated heterocycles.